The first-order chi connectivity index (χ1) is 14.4. The summed E-state index contributed by atoms with van der Waals surface area (Å²) in [6.45, 7) is 10.7. The molecule has 0 saturated carbocycles. The summed E-state index contributed by atoms with van der Waals surface area (Å²) in [7, 11) is 4.17. The molecule has 2 saturated heterocycles. The van der Waals surface area contributed by atoms with Crippen molar-refractivity contribution in [1.29, 1.82) is 0 Å². The molecule has 0 amide bonds. The fourth-order valence-corrected chi connectivity index (χ4v) is 4.51. The molecule has 0 spiro atoms. The molecule has 2 aliphatic heterocycles. The molecule has 4 heterocycles. The SMILES string of the molecule is CC(C)c1nnc(CN2CCCC(n3ncc(N4CCN(C)CC4)cc3=O)C2)n1C. The maximum Gasteiger partial charge on any atom is 0.269 e. The van der Waals surface area contributed by atoms with E-state index in [9.17, 15) is 4.79 Å². The first kappa shape index (κ1) is 21.0. The molecule has 2 fully saturated rings. The fraction of sp³-hybridized carbons (Fsp3) is 0.714. The molecule has 4 rings (SSSR count). The highest BCUT2D eigenvalue weighted by atomic mass is 16.1. The van der Waals surface area contributed by atoms with Gasteiger partial charge in [0.15, 0.2) is 0 Å². The van der Waals surface area contributed by atoms with Crippen molar-refractivity contribution < 1.29 is 0 Å². The summed E-state index contributed by atoms with van der Waals surface area (Å²) in [4.78, 5) is 19.8. The molecule has 2 aromatic heterocycles. The summed E-state index contributed by atoms with van der Waals surface area (Å²) in [6.07, 6.45) is 3.89. The van der Waals surface area contributed by atoms with Gasteiger partial charge in [0.25, 0.3) is 5.56 Å². The van der Waals surface area contributed by atoms with Gasteiger partial charge >= 0.3 is 0 Å². The molecule has 9 nitrogen and oxygen atoms in total. The lowest BCUT2D eigenvalue weighted by molar-refractivity contribution is 0.155. The van der Waals surface area contributed by atoms with Gasteiger partial charge in [0.1, 0.15) is 11.6 Å². The van der Waals surface area contributed by atoms with Crippen molar-refractivity contribution in [3.8, 4) is 0 Å². The third-order valence-electron chi connectivity index (χ3n) is 6.39. The van der Waals surface area contributed by atoms with Gasteiger partial charge in [-0.1, -0.05) is 13.8 Å². The van der Waals surface area contributed by atoms with E-state index in [-0.39, 0.29) is 11.6 Å². The second kappa shape index (κ2) is 8.85. The van der Waals surface area contributed by atoms with Crippen LogP contribution in [0, 0.1) is 0 Å². The van der Waals surface area contributed by atoms with Crippen LogP contribution in [0.25, 0.3) is 0 Å². The van der Waals surface area contributed by atoms with E-state index >= 15 is 0 Å². The average molecular weight is 415 g/mol. The molecule has 30 heavy (non-hydrogen) atoms. The molecule has 0 aliphatic carbocycles. The molecule has 0 aromatic carbocycles. The van der Waals surface area contributed by atoms with Gasteiger partial charge in [-0.3, -0.25) is 9.69 Å². The minimum Gasteiger partial charge on any atom is -0.368 e. The highest BCUT2D eigenvalue weighted by molar-refractivity contribution is 5.43. The first-order valence-corrected chi connectivity index (χ1v) is 11.0. The number of nitrogens with zero attached hydrogens (tertiary/aromatic N) is 8. The Morgan fingerprint density at radius 2 is 1.87 bits per heavy atom. The standard InChI is InChI=1S/C21H34N8O/c1-16(2)21-24-23-19(26(21)4)15-27-7-5-6-17(14-27)29-20(30)12-18(13-22-29)28-10-8-25(3)9-11-28/h12-13,16-17H,5-11,14-15H2,1-4H3. The molecule has 2 aromatic rings. The van der Waals surface area contributed by atoms with Crippen LogP contribution in [0.3, 0.4) is 0 Å². The Balaban J connectivity index is 1.43. The molecule has 0 N–H and O–H groups in total. The van der Waals surface area contributed by atoms with Crippen LogP contribution in [0.15, 0.2) is 17.1 Å². The molecule has 1 unspecified atom stereocenters. The lowest BCUT2D eigenvalue weighted by atomic mass is 10.1. The van der Waals surface area contributed by atoms with Crippen LogP contribution in [-0.2, 0) is 13.6 Å². The molecule has 0 radical (unpaired) electrons. The lowest BCUT2D eigenvalue weighted by Gasteiger charge is -2.34. The van der Waals surface area contributed by atoms with Gasteiger partial charge in [-0.2, -0.15) is 5.10 Å². The van der Waals surface area contributed by atoms with Gasteiger partial charge in [-0.15, -0.1) is 10.2 Å². The Bertz CT molecular complexity index is 912. The molecular formula is C21H34N8O. The van der Waals surface area contributed by atoms with Crippen LogP contribution >= 0.6 is 0 Å². The molecule has 2 aliphatic rings. The summed E-state index contributed by atoms with van der Waals surface area (Å²) in [5.41, 5.74) is 0.941. The van der Waals surface area contributed by atoms with Crippen LogP contribution in [0.4, 0.5) is 5.69 Å². The zero-order valence-electron chi connectivity index (χ0n) is 18.7. The summed E-state index contributed by atoms with van der Waals surface area (Å²) in [6, 6.07) is 1.86. The number of rotatable bonds is 5. The van der Waals surface area contributed by atoms with Crippen LogP contribution in [0.2, 0.25) is 0 Å². The van der Waals surface area contributed by atoms with Crippen molar-refractivity contribution in [2.24, 2.45) is 7.05 Å². The monoisotopic (exact) mass is 414 g/mol. The molecule has 164 valence electrons. The topological polar surface area (TPSA) is 75.3 Å². The molecule has 0 bridgehead atoms. The van der Waals surface area contributed by atoms with Crippen LogP contribution in [-0.4, -0.2) is 80.7 Å². The number of piperidine rings is 1. The number of hydrogen-bond donors (Lipinski definition) is 0. The van der Waals surface area contributed by atoms with Crippen molar-refractivity contribution in [3.63, 3.8) is 0 Å². The zero-order valence-corrected chi connectivity index (χ0v) is 18.7. The maximum atomic E-state index is 12.9. The molecule has 9 heteroatoms. The summed E-state index contributed by atoms with van der Waals surface area (Å²) >= 11 is 0. The minimum absolute atomic E-state index is 0.000898. The van der Waals surface area contributed by atoms with Gasteiger partial charge in [0, 0.05) is 51.8 Å². The summed E-state index contributed by atoms with van der Waals surface area (Å²) in [5, 5.41) is 13.3. The number of piperazine rings is 1. The maximum absolute atomic E-state index is 12.9. The van der Waals surface area contributed by atoms with E-state index in [0.29, 0.717) is 5.92 Å². The normalized spacial score (nSPS) is 21.5. The number of anilines is 1. The van der Waals surface area contributed by atoms with E-state index < -0.39 is 0 Å². The third-order valence-corrected chi connectivity index (χ3v) is 6.39. The average Bonchev–Trinajstić information content (AvgIpc) is 3.09. The van der Waals surface area contributed by atoms with Gasteiger partial charge < -0.3 is 14.4 Å². The number of aromatic nitrogens is 5. The summed E-state index contributed by atoms with van der Waals surface area (Å²) in [5.74, 6) is 2.34. The van der Waals surface area contributed by atoms with E-state index in [1.54, 1.807) is 10.7 Å². The molecule has 1 atom stereocenters. The molecular weight excluding hydrogens is 380 g/mol. The van der Waals surface area contributed by atoms with Crippen LogP contribution in [0.1, 0.15) is 50.3 Å². The van der Waals surface area contributed by atoms with E-state index in [1.807, 2.05) is 13.2 Å². The van der Waals surface area contributed by atoms with E-state index in [4.69, 9.17) is 0 Å². The first-order valence-electron chi connectivity index (χ1n) is 11.0. The van der Waals surface area contributed by atoms with Gasteiger partial charge in [-0.05, 0) is 26.4 Å². The largest absolute Gasteiger partial charge is 0.368 e. The van der Waals surface area contributed by atoms with Gasteiger partial charge in [0.2, 0.25) is 0 Å². The van der Waals surface area contributed by atoms with Crippen LogP contribution < -0.4 is 10.5 Å². The number of hydrogen-bond acceptors (Lipinski definition) is 7. The zero-order chi connectivity index (χ0) is 21.3. The van der Waals surface area contributed by atoms with Gasteiger partial charge in [0.05, 0.1) is 24.5 Å². The quantitative estimate of drug-likeness (QED) is 0.725. The predicted octanol–water partition coefficient (Wildman–Crippen LogP) is 1.08. The lowest BCUT2D eigenvalue weighted by Crippen LogP contribution is -2.45. The van der Waals surface area contributed by atoms with Crippen molar-refractivity contribution in [1.82, 2.24) is 34.3 Å². The Morgan fingerprint density at radius 3 is 2.53 bits per heavy atom. The number of likely N-dealkylation sites (tertiary alicyclic amines) is 1. The smallest absolute Gasteiger partial charge is 0.269 e. The van der Waals surface area contributed by atoms with E-state index in [2.05, 4.69) is 55.5 Å². The van der Waals surface area contributed by atoms with Crippen molar-refractivity contribution in [2.45, 2.75) is 45.2 Å². The van der Waals surface area contributed by atoms with Crippen LogP contribution in [0.5, 0.6) is 0 Å². The highest BCUT2D eigenvalue weighted by Gasteiger charge is 2.25. The van der Waals surface area contributed by atoms with Crippen molar-refractivity contribution in [2.75, 3.05) is 51.2 Å². The van der Waals surface area contributed by atoms with E-state index in [1.165, 1.54) is 0 Å². The van der Waals surface area contributed by atoms with Crippen molar-refractivity contribution >= 4 is 5.69 Å². The third kappa shape index (κ3) is 4.41. The Hall–Kier alpha value is -2.26. The fourth-order valence-electron chi connectivity index (χ4n) is 4.51. The predicted molar refractivity (Wildman–Crippen MR) is 117 cm³/mol. The Labute approximate surface area is 178 Å². The van der Waals surface area contributed by atoms with E-state index in [0.717, 1.165) is 76.0 Å². The second-order valence-corrected chi connectivity index (χ2v) is 9.01. The highest BCUT2D eigenvalue weighted by Crippen LogP contribution is 2.22. The minimum atomic E-state index is -0.000898. The Morgan fingerprint density at radius 1 is 1.10 bits per heavy atom. The number of likely N-dealkylation sites (N-methyl/N-ethyl adjacent to an activating group) is 1. The summed E-state index contributed by atoms with van der Waals surface area (Å²) < 4.78 is 3.78. The van der Waals surface area contributed by atoms with Crippen molar-refractivity contribution in [3.05, 3.63) is 34.3 Å². The Kier molecular flexibility index (Phi) is 6.19. The van der Waals surface area contributed by atoms with Gasteiger partial charge in [-0.25, -0.2) is 4.68 Å². The second-order valence-electron chi connectivity index (χ2n) is 9.01.